The van der Waals surface area contributed by atoms with Crippen LogP contribution in [0.25, 0.3) is 0 Å². The molecule has 0 unspecified atom stereocenters. The van der Waals surface area contributed by atoms with E-state index in [0.717, 1.165) is 5.69 Å². The molecule has 136 valence electrons. The lowest BCUT2D eigenvalue weighted by Crippen LogP contribution is -2.50. The van der Waals surface area contributed by atoms with Crippen LogP contribution in [0.15, 0.2) is 36.5 Å². The Hall–Kier alpha value is -2.58. The van der Waals surface area contributed by atoms with Gasteiger partial charge in [-0.05, 0) is 24.3 Å². The third-order valence-corrected chi connectivity index (χ3v) is 4.38. The number of piperazine rings is 1. The molecule has 6 N–H and O–H groups in total. The van der Waals surface area contributed by atoms with Crippen molar-refractivity contribution in [3.8, 4) is 0 Å². The van der Waals surface area contributed by atoms with Crippen molar-refractivity contribution in [3.05, 3.63) is 42.1 Å². The number of aliphatic hydroxyl groups excluding tert-OH is 2. The molecule has 0 saturated carbocycles. The lowest BCUT2D eigenvalue weighted by Gasteiger charge is -2.39. The van der Waals surface area contributed by atoms with E-state index in [9.17, 15) is 15.0 Å². The number of likely N-dealkylation sites (N-methyl/N-ethyl adjacent to an activating group) is 1. The maximum atomic E-state index is 11.4. The maximum absolute atomic E-state index is 11.4. The lowest BCUT2D eigenvalue weighted by molar-refractivity contribution is -0.133. The van der Waals surface area contributed by atoms with E-state index in [1.54, 1.807) is 0 Å². The fourth-order valence-corrected chi connectivity index (χ4v) is 2.76. The van der Waals surface area contributed by atoms with Gasteiger partial charge in [-0.3, -0.25) is 10.2 Å². The minimum Gasteiger partial charge on any atom is -0.384 e. The second-order valence-electron chi connectivity index (χ2n) is 5.93. The largest absolute Gasteiger partial charge is 0.384 e. The standard InChI is InChI=1S/C17H25N5O3/c1-11(14(23)15(24)17(25)20-2)21-7-9-22(10-8-21)13-5-3-12(4-6-13)16(18)19/h3-6,14-15,23-24H,1,7-10H2,2H3,(H3,18,19)(H,20,25)/t14-,15+/m0/s1. The number of amidine groups is 1. The molecule has 0 aromatic heterocycles. The molecule has 0 spiro atoms. The molecule has 0 radical (unpaired) electrons. The zero-order valence-electron chi connectivity index (χ0n) is 14.3. The summed E-state index contributed by atoms with van der Waals surface area (Å²) in [7, 11) is 1.40. The van der Waals surface area contributed by atoms with Gasteiger partial charge < -0.3 is 31.1 Å². The molecule has 0 bridgehead atoms. The molecule has 1 saturated heterocycles. The zero-order chi connectivity index (χ0) is 18.6. The molecule has 8 heteroatoms. The molecular weight excluding hydrogens is 322 g/mol. The van der Waals surface area contributed by atoms with Crippen LogP contribution in [0.5, 0.6) is 0 Å². The number of benzene rings is 1. The summed E-state index contributed by atoms with van der Waals surface area (Å²) in [6, 6.07) is 7.47. The molecule has 8 nitrogen and oxygen atoms in total. The van der Waals surface area contributed by atoms with Crippen molar-refractivity contribution in [2.24, 2.45) is 5.73 Å². The van der Waals surface area contributed by atoms with Crippen LogP contribution < -0.4 is 16.0 Å². The Labute approximate surface area is 147 Å². The molecule has 1 aromatic rings. The van der Waals surface area contributed by atoms with E-state index in [4.69, 9.17) is 11.1 Å². The highest BCUT2D eigenvalue weighted by Crippen LogP contribution is 2.20. The fourth-order valence-electron chi connectivity index (χ4n) is 2.76. The smallest absolute Gasteiger partial charge is 0.251 e. The van der Waals surface area contributed by atoms with Crippen molar-refractivity contribution in [3.63, 3.8) is 0 Å². The van der Waals surface area contributed by atoms with Crippen LogP contribution in [0.3, 0.4) is 0 Å². The van der Waals surface area contributed by atoms with Gasteiger partial charge >= 0.3 is 0 Å². The first-order chi connectivity index (χ1) is 11.8. The summed E-state index contributed by atoms with van der Waals surface area (Å²) in [5.41, 5.74) is 7.51. The molecular formula is C17H25N5O3. The number of aliphatic hydroxyl groups is 2. The van der Waals surface area contributed by atoms with Crippen molar-refractivity contribution in [2.45, 2.75) is 12.2 Å². The van der Waals surface area contributed by atoms with Gasteiger partial charge in [0.1, 0.15) is 11.9 Å². The topological polar surface area (TPSA) is 126 Å². The summed E-state index contributed by atoms with van der Waals surface area (Å²) in [5.74, 6) is -0.603. The highest BCUT2D eigenvalue weighted by molar-refractivity contribution is 5.95. The van der Waals surface area contributed by atoms with Gasteiger partial charge in [0.25, 0.3) is 5.91 Å². The van der Waals surface area contributed by atoms with Gasteiger partial charge in [-0.15, -0.1) is 0 Å². The number of hydrogen-bond donors (Lipinski definition) is 5. The maximum Gasteiger partial charge on any atom is 0.251 e. The van der Waals surface area contributed by atoms with Crippen LogP contribution in [-0.4, -0.2) is 72.3 Å². The Morgan fingerprint density at radius 1 is 1.20 bits per heavy atom. The Morgan fingerprint density at radius 3 is 2.24 bits per heavy atom. The molecule has 1 amide bonds. The van der Waals surface area contributed by atoms with E-state index >= 15 is 0 Å². The summed E-state index contributed by atoms with van der Waals surface area (Å²) in [4.78, 5) is 15.5. The molecule has 1 aromatic carbocycles. The SMILES string of the molecule is C=C([C@H](O)[C@@H](O)C(=O)NC)N1CCN(c2ccc(C(=N)N)cc2)CC1. The predicted octanol–water partition coefficient (Wildman–Crippen LogP) is -0.926. The molecule has 1 aliphatic heterocycles. The Kier molecular flexibility index (Phi) is 6.00. The van der Waals surface area contributed by atoms with Gasteiger partial charge in [0.2, 0.25) is 0 Å². The van der Waals surface area contributed by atoms with Crippen LogP contribution in [0, 0.1) is 5.41 Å². The predicted molar refractivity (Wildman–Crippen MR) is 96.5 cm³/mol. The number of nitrogens with two attached hydrogens (primary N) is 1. The summed E-state index contributed by atoms with van der Waals surface area (Å²) < 4.78 is 0. The van der Waals surface area contributed by atoms with Gasteiger partial charge in [-0.2, -0.15) is 0 Å². The van der Waals surface area contributed by atoms with E-state index in [2.05, 4.69) is 16.8 Å². The van der Waals surface area contributed by atoms with Crippen molar-refractivity contribution in [1.29, 1.82) is 5.41 Å². The van der Waals surface area contributed by atoms with Gasteiger partial charge in [0.15, 0.2) is 6.10 Å². The molecule has 0 aliphatic carbocycles. The third-order valence-electron chi connectivity index (χ3n) is 4.38. The van der Waals surface area contributed by atoms with Gasteiger partial charge in [0, 0.05) is 50.2 Å². The Balaban J connectivity index is 1.93. The number of nitrogen functional groups attached to an aromatic ring is 1. The van der Waals surface area contributed by atoms with Crippen LogP contribution >= 0.6 is 0 Å². The quantitative estimate of drug-likeness (QED) is 0.334. The highest BCUT2D eigenvalue weighted by atomic mass is 16.3. The van der Waals surface area contributed by atoms with Crippen molar-refractivity contribution < 1.29 is 15.0 Å². The van der Waals surface area contributed by atoms with Crippen molar-refractivity contribution >= 4 is 17.4 Å². The summed E-state index contributed by atoms with van der Waals surface area (Å²) in [6.07, 6.45) is -2.86. The van der Waals surface area contributed by atoms with E-state index in [0.29, 0.717) is 37.4 Å². The van der Waals surface area contributed by atoms with Crippen molar-refractivity contribution in [1.82, 2.24) is 10.2 Å². The minimum absolute atomic E-state index is 0.0383. The molecule has 2 rings (SSSR count). The van der Waals surface area contributed by atoms with E-state index < -0.39 is 18.1 Å². The zero-order valence-corrected chi connectivity index (χ0v) is 14.3. The van der Waals surface area contributed by atoms with Gasteiger partial charge in [0.05, 0.1) is 0 Å². The monoisotopic (exact) mass is 347 g/mol. The van der Waals surface area contributed by atoms with Crippen LogP contribution in [0.4, 0.5) is 5.69 Å². The van der Waals surface area contributed by atoms with Crippen LogP contribution in [0.2, 0.25) is 0 Å². The number of anilines is 1. The first kappa shape index (κ1) is 18.8. The van der Waals surface area contributed by atoms with Crippen LogP contribution in [-0.2, 0) is 4.79 Å². The summed E-state index contributed by atoms with van der Waals surface area (Å²) in [6.45, 7) is 6.48. The molecule has 1 heterocycles. The molecule has 1 aliphatic rings. The average molecular weight is 347 g/mol. The third kappa shape index (κ3) is 4.28. The number of rotatable bonds is 6. The second kappa shape index (κ2) is 8.00. The Morgan fingerprint density at radius 2 is 1.76 bits per heavy atom. The van der Waals surface area contributed by atoms with Gasteiger partial charge in [-0.25, -0.2) is 0 Å². The minimum atomic E-state index is -1.53. The number of nitrogens with zero attached hydrogens (tertiary/aromatic N) is 2. The van der Waals surface area contributed by atoms with E-state index in [1.165, 1.54) is 7.05 Å². The van der Waals surface area contributed by atoms with Gasteiger partial charge in [-0.1, -0.05) is 6.58 Å². The molecule has 25 heavy (non-hydrogen) atoms. The average Bonchev–Trinajstić information content (AvgIpc) is 2.65. The first-order valence-corrected chi connectivity index (χ1v) is 8.06. The second-order valence-corrected chi connectivity index (χ2v) is 5.93. The van der Waals surface area contributed by atoms with E-state index in [-0.39, 0.29) is 5.84 Å². The van der Waals surface area contributed by atoms with Crippen LogP contribution in [0.1, 0.15) is 5.56 Å². The van der Waals surface area contributed by atoms with E-state index in [1.807, 2.05) is 29.2 Å². The summed E-state index contributed by atoms with van der Waals surface area (Å²) >= 11 is 0. The number of carbonyl (C=O) groups is 1. The lowest BCUT2D eigenvalue weighted by atomic mass is 10.1. The molecule has 1 fully saturated rings. The fraction of sp³-hybridized carbons (Fsp3) is 0.412. The highest BCUT2D eigenvalue weighted by Gasteiger charge is 2.30. The first-order valence-electron chi connectivity index (χ1n) is 8.06. The number of amides is 1. The molecule has 2 atom stereocenters. The van der Waals surface area contributed by atoms with Crippen molar-refractivity contribution in [2.75, 3.05) is 38.1 Å². The number of nitrogens with one attached hydrogen (secondary N) is 2. The normalized spacial score (nSPS) is 16.9. The Bertz CT molecular complexity index is 638. The number of hydrogen-bond acceptors (Lipinski definition) is 6. The summed E-state index contributed by atoms with van der Waals surface area (Å²) in [5, 5.41) is 29.6. The number of carbonyl (C=O) groups excluding carboxylic acids is 1.